The number of nitrogens with one attached hydrogen (secondary N) is 3. The summed E-state index contributed by atoms with van der Waals surface area (Å²) in [5, 5.41) is 8.34. The van der Waals surface area contributed by atoms with Crippen LogP contribution in [0.1, 0.15) is 30.9 Å². The molecule has 2 aromatic carbocycles. The van der Waals surface area contributed by atoms with Gasteiger partial charge in [0.25, 0.3) is 0 Å². The van der Waals surface area contributed by atoms with Crippen LogP contribution in [0.2, 0.25) is 0 Å². The average molecular weight is 365 g/mol. The van der Waals surface area contributed by atoms with Gasteiger partial charge in [-0.05, 0) is 49.6 Å². The van der Waals surface area contributed by atoms with E-state index in [4.69, 9.17) is 0 Å². The van der Waals surface area contributed by atoms with E-state index in [0.717, 1.165) is 11.1 Å². The van der Waals surface area contributed by atoms with Crippen LogP contribution in [0, 0.1) is 12.3 Å². The largest absolute Gasteiger partial charge is 0.351 e. The zero-order valence-electron chi connectivity index (χ0n) is 15.5. The maximum absolute atomic E-state index is 12.6. The van der Waals surface area contributed by atoms with Crippen molar-refractivity contribution in [2.45, 2.75) is 33.2 Å². The molecule has 0 heterocycles. The SMILES string of the molecule is CC(=O)Nc1ccc(NC(=O)C2(C(=O)NCc3ccc(C)cc3)CC2)cc1. The summed E-state index contributed by atoms with van der Waals surface area (Å²) in [6, 6.07) is 14.7. The van der Waals surface area contributed by atoms with Crippen molar-refractivity contribution in [1.29, 1.82) is 0 Å². The maximum atomic E-state index is 12.6. The summed E-state index contributed by atoms with van der Waals surface area (Å²) >= 11 is 0. The van der Waals surface area contributed by atoms with Crippen molar-refractivity contribution >= 4 is 29.1 Å². The number of amides is 3. The average Bonchev–Trinajstić information content (AvgIpc) is 3.44. The lowest BCUT2D eigenvalue weighted by molar-refractivity contribution is -0.134. The molecular formula is C21H23N3O3. The molecule has 1 aliphatic rings. The quantitative estimate of drug-likeness (QED) is 0.688. The van der Waals surface area contributed by atoms with Crippen LogP contribution in [0.5, 0.6) is 0 Å². The second-order valence-electron chi connectivity index (χ2n) is 6.96. The Morgan fingerprint density at radius 2 is 1.41 bits per heavy atom. The van der Waals surface area contributed by atoms with Crippen LogP contribution < -0.4 is 16.0 Å². The first kappa shape index (κ1) is 18.6. The highest BCUT2D eigenvalue weighted by Crippen LogP contribution is 2.46. The summed E-state index contributed by atoms with van der Waals surface area (Å²) in [5.74, 6) is -0.694. The molecule has 1 saturated carbocycles. The summed E-state index contributed by atoms with van der Waals surface area (Å²) in [6.45, 7) is 3.84. The van der Waals surface area contributed by atoms with Crippen molar-refractivity contribution in [3.8, 4) is 0 Å². The molecule has 3 amide bonds. The number of carbonyl (C=O) groups excluding carboxylic acids is 3. The molecule has 2 aromatic rings. The van der Waals surface area contributed by atoms with Gasteiger partial charge in [-0.25, -0.2) is 0 Å². The van der Waals surface area contributed by atoms with Gasteiger partial charge in [-0.2, -0.15) is 0 Å². The van der Waals surface area contributed by atoms with Gasteiger partial charge in [0.15, 0.2) is 0 Å². The molecule has 0 radical (unpaired) electrons. The van der Waals surface area contributed by atoms with E-state index in [2.05, 4.69) is 16.0 Å². The van der Waals surface area contributed by atoms with Gasteiger partial charge in [0.2, 0.25) is 17.7 Å². The zero-order chi connectivity index (χ0) is 19.4. The van der Waals surface area contributed by atoms with Gasteiger partial charge >= 0.3 is 0 Å². The monoisotopic (exact) mass is 365 g/mol. The Bertz CT molecular complexity index is 853. The molecule has 1 fully saturated rings. The third kappa shape index (κ3) is 4.53. The molecule has 6 nitrogen and oxygen atoms in total. The molecule has 1 aliphatic carbocycles. The molecule has 3 N–H and O–H groups in total. The van der Waals surface area contributed by atoms with Crippen molar-refractivity contribution in [3.63, 3.8) is 0 Å². The van der Waals surface area contributed by atoms with Gasteiger partial charge in [0, 0.05) is 24.8 Å². The van der Waals surface area contributed by atoms with Gasteiger partial charge < -0.3 is 16.0 Å². The van der Waals surface area contributed by atoms with Crippen molar-refractivity contribution in [2.75, 3.05) is 10.6 Å². The minimum atomic E-state index is -0.985. The van der Waals surface area contributed by atoms with Crippen LogP contribution in [0.25, 0.3) is 0 Å². The summed E-state index contributed by atoms with van der Waals surface area (Å²) in [5.41, 5.74) is 2.41. The lowest BCUT2D eigenvalue weighted by atomic mass is 10.0. The Morgan fingerprint density at radius 3 is 1.93 bits per heavy atom. The zero-order valence-corrected chi connectivity index (χ0v) is 15.5. The highest BCUT2D eigenvalue weighted by Gasteiger charge is 2.56. The van der Waals surface area contributed by atoms with E-state index in [1.54, 1.807) is 24.3 Å². The van der Waals surface area contributed by atoms with Gasteiger partial charge in [0.05, 0.1) is 0 Å². The van der Waals surface area contributed by atoms with Gasteiger partial charge in [0.1, 0.15) is 5.41 Å². The Labute approximate surface area is 158 Å². The Morgan fingerprint density at radius 1 is 0.852 bits per heavy atom. The molecule has 6 heteroatoms. The highest BCUT2D eigenvalue weighted by atomic mass is 16.2. The summed E-state index contributed by atoms with van der Waals surface area (Å²) in [4.78, 5) is 36.2. The van der Waals surface area contributed by atoms with E-state index in [1.165, 1.54) is 6.92 Å². The van der Waals surface area contributed by atoms with Crippen molar-refractivity contribution < 1.29 is 14.4 Å². The van der Waals surface area contributed by atoms with Crippen LogP contribution in [0.15, 0.2) is 48.5 Å². The molecule has 0 spiro atoms. The molecule has 0 saturated heterocycles. The minimum absolute atomic E-state index is 0.158. The predicted octanol–water partition coefficient (Wildman–Crippen LogP) is 2.99. The van der Waals surface area contributed by atoms with E-state index >= 15 is 0 Å². The Hall–Kier alpha value is -3.15. The van der Waals surface area contributed by atoms with Crippen molar-refractivity contribution in [2.24, 2.45) is 5.41 Å². The van der Waals surface area contributed by atoms with Crippen LogP contribution >= 0.6 is 0 Å². The lowest BCUT2D eigenvalue weighted by Gasteiger charge is -2.16. The smallest absolute Gasteiger partial charge is 0.240 e. The van der Waals surface area contributed by atoms with Crippen molar-refractivity contribution in [3.05, 3.63) is 59.7 Å². The fourth-order valence-electron chi connectivity index (χ4n) is 2.83. The van der Waals surface area contributed by atoms with E-state index < -0.39 is 5.41 Å². The molecule has 0 aliphatic heterocycles. The molecule has 3 rings (SSSR count). The number of carbonyl (C=O) groups is 3. The predicted molar refractivity (Wildman–Crippen MR) is 104 cm³/mol. The molecule has 0 bridgehead atoms. The molecule has 140 valence electrons. The summed E-state index contributed by atoms with van der Waals surface area (Å²) in [6.07, 6.45) is 1.09. The first-order valence-corrected chi connectivity index (χ1v) is 8.92. The molecule has 27 heavy (non-hydrogen) atoms. The number of benzene rings is 2. The normalized spacial score (nSPS) is 14.1. The number of hydrogen-bond acceptors (Lipinski definition) is 3. The summed E-state index contributed by atoms with van der Waals surface area (Å²) in [7, 11) is 0. The van der Waals surface area contributed by atoms with Gasteiger partial charge in [-0.3, -0.25) is 14.4 Å². The fraction of sp³-hybridized carbons (Fsp3) is 0.286. The molecule has 0 aromatic heterocycles. The minimum Gasteiger partial charge on any atom is -0.351 e. The van der Waals surface area contributed by atoms with Gasteiger partial charge in [-0.1, -0.05) is 29.8 Å². The fourth-order valence-corrected chi connectivity index (χ4v) is 2.83. The van der Waals surface area contributed by atoms with E-state index in [9.17, 15) is 14.4 Å². The van der Waals surface area contributed by atoms with Crippen LogP contribution in [-0.2, 0) is 20.9 Å². The summed E-state index contributed by atoms with van der Waals surface area (Å²) < 4.78 is 0. The standard InChI is InChI=1S/C21H23N3O3/c1-14-3-5-16(6-4-14)13-22-19(26)21(11-12-21)20(27)24-18-9-7-17(8-10-18)23-15(2)25/h3-10H,11-13H2,1-2H3,(H,22,26)(H,23,25)(H,24,27). The first-order valence-electron chi connectivity index (χ1n) is 8.92. The third-order valence-corrected chi connectivity index (χ3v) is 4.66. The molecule has 0 atom stereocenters. The number of rotatable bonds is 6. The number of aryl methyl sites for hydroxylation is 1. The first-order chi connectivity index (χ1) is 12.9. The van der Waals surface area contributed by atoms with E-state index in [1.807, 2.05) is 31.2 Å². The van der Waals surface area contributed by atoms with Crippen LogP contribution in [-0.4, -0.2) is 17.7 Å². The van der Waals surface area contributed by atoms with Crippen LogP contribution in [0.3, 0.4) is 0 Å². The molecule has 0 unspecified atom stereocenters. The highest BCUT2D eigenvalue weighted by molar-refractivity contribution is 6.13. The topological polar surface area (TPSA) is 87.3 Å². The Balaban J connectivity index is 1.57. The number of hydrogen-bond donors (Lipinski definition) is 3. The van der Waals surface area contributed by atoms with Gasteiger partial charge in [-0.15, -0.1) is 0 Å². The second kappa shape index (κ2) is 7.61. The second-order valence-corrected chi connectivity index (χ2v) is 6.96. The Kier molecular flexibility index (Phi) is 5.26. The van der Waals surface area contributed by atoms with Crippen LogP contribution in [0.4, 0.5) is 11.4 Å². The van der Waals surface area contributed by atoms with Crippen molar-refractivity contribution in [1.82, 2.24) is 5.32 Å². The maximum Gasteiger partial charge on any atom is 0.240 e. The third-order valence-electron chi connectivity index (χ3n) is 4.66. The van der Waals surface area contributed by atoms with E-state index in [0.29, 0.717) is 30.8 Å². The lowest BCUT2D eigenvalue weighted by Crippen LogP contribution is -2.39. The molecular weight excluding hydrogens is 342 g/mol. The van der Waals surface area contributed by atoms with E-state index in [-0.39, 0.29) is 17.7 Å². The number of anilines is 2.